The predicted octanol–water partition coefficient (Wildman–Crippen LogP) is 1.75. The van der Waals surface area contributed by atoms with Crippen molar-refractivity contribution in [3.8, 4) is 0 Å². The van der Waals surface area contributed by atoms with Crippen LogP contribution < -0.4 is 11.1 Å². The number of hydrogen-bond donors (Lipinski definition) is 2. The van der Waals surface area contributed by atoms with Gasteiger partial charge in [-0.1, -0.05) is 0 Å². The molecular weight excluding hydrogens is 252 g/mol. The van der Waals surface area contributed by atoms with Gasteiger partial charge in [-0.25, -0.2) is 0 Å². The van der Waals surface area contributed by atoms with E-state index in [0.717, 1.165) is 45.1 Å². The van der Waals surface area contributed by atoms with Crippen molar-refractivity contribution in [2.75, 3.05) is 6.61 Å². The van der Waals surface area contributed by atoms with Gasteiger partial charge < -0.3 is 15.8 Å². The molecular formula is C13H25ClN2O2. The van der Waals surface area contributed by atoms with Crippen molar-refractivity contribution in [2.45, 2.75) is 69.6 Å². The quantitative estimate of drug-likeness (QED) is 0.825. The van der Waals surface area contributed by atoms with Crippen LogP contribution in [0.2, 0.25) is 0 Å². The maximum absolute atomic E-state index is 11.8. The Morgan fingerprint density at radius 1 is 1.17 bits per heavy atom. The Bertz CT molecular complexity index is 249. The van der Waals surface area contributed by atoms with Crippen molar-refractivity contribution in [3.63, 3.8) is 0 Å². The SMILES string of the molecule is Cl.NC1CCC(NC(=O)CC2CCCCO2)CC1. The molecule has 18 heavy (non-hydrogen) atoms. The van der Waals surface area contributed by atoms with Gasteiger partial charge in [-0.3, -0.25) is 4.79 Å². The molecule has 0 bridgehead atoms. The van der Waals surface area contributed by atoms with Gasteiger partial charge in [0, 0.05) is 18.7 Å². The molecule has 1 heterocycles. The van der Waals surface area contributed by atoms with Crippen LogP contribution in [0.3, 0.4) is 0 Å². The van der Waals surface area contributed by atoms with Crippen molar-refractivity contribution in [2.24, 2.45) is 5.73 Å². The van der Waals surface area contributed by atoms with E-state index in [9.17, 15) is 4.79 Å². The van der Waals surface area contributed by atoms with E-state index >= 15 is 0 Å². The number of nitrogens with two attached hydrogens (primary N) is 1. The highest BCUT2D eigenvalue weighted by Gasteiger charge is 2.22. The zero-order valence-electron chi connectivity index (χ0n) is 10.9. The average molecular weight is 277 g/mol. The second-order valence-electron chi connectivity index (χ2n) is 5.37. The minimum Gasteiger partial charge on any atom is -0.378 e. The number of carbonyl (C=O) groups is 1. The molecule has 0 aromatic heterocycles. The normalized spacial score (nSPS) is 32.4. The topological polar surface area (TPSA) is 64.3 Å². The summed E-state index contributed by atoms with van der Waals surface area (Å²) in [4.78, 5) is 11.8. The van der Waals surface area contributed by atoms with E-state index in [2.05, 4.69) is 5.32 Å². The molecule has 0 radical (unpaired) electrons. The lowest BCUT2D eigenvalue weighted by molar-refractivity contribution is -0.125. The van der Waals surface area contributed by atoms with E-state index in [0.29, 0.717) is 18.5 Å². The Labute approximate surface area is 115 Å². The van der Waals surface area contributed by atoms with Crippen LogP contribution >= 0.6 is 12.4 Å². The van der Waals surface area contributed by atoms with Crippen LogP contribution in [-0.2, 0) is 9.53 Å². The number of carbonyl (C=O) groups excluding carboxylic acids is 1. The van der Waals surface area contributed by atoms with Gasteiger partial charge in [-0.2, -0.15) is 0 Å². The Morgan fingerprint density at radius 2 is 1.89 bits per heavy atom. The maximum Gasteiger partial charge on any atom is 0.222 e. The molecule has 5 heteroatoms. The second kappa shape index (κ2) is 7.97. The van der Waals surface area contributed by atoms with E-state index < -0.39 is 0 Å². The van der Waals surface area contributed by atoms with Gasteiger partial charge in [0.05, 0.1) is 12.5 Å². The summed E-state index contributed by atoms with van der Waals surface area (Å²) in [6, 6.07) is 0.677. The van der Waals surface area contributed by atoms with Crippen molar-refractivity contribution < 1.29 is 9.53 Å². The Morgan fingerprint density at radius 3 is 2.50 bits per heavy atom. The molecule has 1 saturated heterocycles. The fourth-order valence-corrected chi connectivity index (χ4v) is 2.73. The molecule has 0 spiro atoms. The molecule has 1 amide bonds. The second-order valence-corrected chi connectivity index (χ2v) is 5.37. The minimum absolute atomic E-state index is 0. The number of halogens is 1. The molecule has 0 aromatic carbocycles. The van der Waals surface area contributed by atoms with Crippen LogP contribution in [0.4, 0.5) is 0 Å². The van der Waals surface area contributed by atoms with Crippen LogP contribution in [0.5, 0.6) is 0 Å². The number of ether oxygens (including phenoxy) is 1. The molecule has 106 valence electrons. The van der Waals surface area contributed by atoms with Gasteiger partial charge >= 0.3 is 0 Å². The maximum atomic E-state index is 11.8. The molecule has 1 aliphatic heterocycles. The molecule has 1 saturated carbocycles. The lowest BCUT2D eigenvalue weighted by atomic mass is 9.91. The van der Waals surface area contributed by atoms with E-state index in [1.165, 1.54) is 6.42 Å². The average Bonchev–Trinajstić information content (AvgIpc) is 2.33. The van der Waals surface area contributed by atoms with Crippen LogP contribution in [-0.4, -0.2) is 30.7 Å². The Kier molecular flexibility index (Phi) is 6.97. The lowest BCUT2D eigenvalue weighted by Gasteiger charge is -2.28. The smallest absolute Gasteiger partial charge is 0.222 e. The highest BCUT2D eigenvalue weighted by molar-refractivity contribution is 5.85. The first-order valence-electron chi connectivity index (χ1n) is 6.90. The molecule has 1 unspecified atom stereocenters. The summed E-state index contributed by atoms with van der Waals surface area (Å²) >= 11 is 0. The van der Waals surface area contributed by atoms with E-state index in [1.807, 2.05) is 0 Å². The Hall–Kier alpha value is -0.320. The third-order valence-electron chi connectivity index (χ3n) is 3.82. The monoisotopic (exact) mass is 276 g/mol. The highest BCUT2D eigenvalue weighted by Crippen LogP contribution is 2.18. The molecule has 2 fully saturated rings. The summed E-state index contributed by atoms with van der Waals surface area (Å²) in [7, 11) is 0. The van der Waals surface area contributed by atoms with Crippen LogP contribution in [0.15, 0.2) is 0 Å². The first kappa shape index (κ1) is 15.7. The molecule has 1 aliphatic carbocycles. The van der Waals surface area contributed by atoms with Crippen molar-refractivity contribution in [1.82, 2.24) is 5.32 Å². The van der Waals surface area contributed by atoms with Crippen LogP contribution in [0, 0.1) is 0 Å². The molecule has 4 nitrogen and oxygen atoms in total. The summed E-state index contributed by atoms with van der Waals surface area (Å²) in [6.45, 7) is 0.816. The third kappa shape index (κ3) is 5.12. The number of hydrogen-bond acceptors (Lipinski definition) is 3. The standard InChI is InChI=1S/C13H24N2O2.ClH/c14-10-4-6-11(7-5-10)15-13(16)9-12-3-1-2-8-17-12;/h10-12H,1-9,14H2,(H,15,16);1H. The number of amides is 1. The fourth-order valence-electron chi connectivity index (χ4n) is 2.73. The predicted molar refractivity (Wildman–Crippen MR) is 73.8 cm³/mol. The Balaban J connectivity index is 0.00000162. The molecule has 0 aromatic rings. The largest absolute Gasteiger partial charge is 0.378 e. The zero-order chi connectivity index (χ0) is 12.1. The van der Waals surface area contributed by atoms with Gasteiger partial charge in [0.2, 0.25) is 5.91 Å². The number of nitrogens with one attached hydrogen (secondary N) is 1. The van der Waals surface area contributed by atoms with E-state index in [1.54, 1.807) is 0 Å². The molecule has 3 N–H and O–H groups in total. The van der Waals surface area contributed by atoms with Gasteiger partial charge in [0.1, 0.15) is 0 Å². The number of rotatable bonds is 3. The van der Waals surface area contributed by atoms with Crippen molar-refractivity contribution in [1.29, 1.82) is 0 Å². The first-order valence-corrected chi connectivity index (χ1v) is 6.90. The van der Waals surface area contributed by atoms with E-state index in [-0.39, 0.29) is 24.4 Å². The van der Waals surface area contributed by atoms with Crippen LogP contribution in [0.25, 0.3) is 0 Å². The highest BCUT2D eigenvalue weighted by atomic mass is 35.5. The first-order chi connectivity index (χ1) is 8.24. The fraction of sp³-hybridized carbons (Fsp3) is 0.923. The lowest BCUT2D eigenvalue weighted by Crippen LogP contribution is -2.41. The summed E-state index contributed by atoms with van der Waals surface area (Å²) in [6.07, 6.45) is 8.15. The van der Waals surface area contributed by atoms with Crippen molar-refractivity contribution in [3.05, 3.63) is 0 Å². The molecule has 2 aliphatic rings. The summed E-state index contributed by atoms with van der Waals surface area (Å²) in [5.41, 5.74) is 5.84. The van der Waals surface area contributed by atoms with Crippen molar-refractivity contribution >= 4 is 18.3 Å². The van der Waals surface area contributed by atoms with Crippen LogP contribution in [0.1, 0.15) is 51.4 Å². The van der Waals surface area contributed by atoms with Gasteiger partial charge in [-0.05, 0) is 44.9 Å². The zero-order valence-corrected chi connectivity index (χ0v) is 11.7. The summed E-state index contributed by atoms with van der Waals surface area (Å²) < 4.78 is 5.57. The molecule has 1 atom stereocenters. The van der Waals surface area contributed by atoms with Gasteiger partial charge in [0.25, 0.3) is 0 Å². The minimum atomic E-state index is 0. The third-order valence-corrected chi connectivity index (χ3v) is 3.82. The summed E-state index contributed by atoms with van der Waals surface area (Å²) in [5.74, 6) is 0.150. The van der Waals surface area contributed by atoms with Gasteiger partial charge in [0.15, 0.2) is 0 Å². The summed E-state index contributed by atoms with van der Waals surface area (Å²) in [5, 5.41) is 3.11. The van der Waals surface area contributed by atoms with Gasteiger partial charge in [-0.15, -0.1) is 12.4 Å². The van der Waals surface area contributed by atoms with E-state index in [4.69, 9.17) is 10.5 Å². The molecule has 2 rings (SSSR count).